The van der Waals surface area contributed by atoms with Gasteiger partial charge in [0.2, 0.25) is 0 Å². The van der Waals surface area contributed by atoms with Gasteiger partial charge in [0.25, 0.3) is 0 Å². The molecule has 0 aromatic heterocycles. The smallest absolute Gasteiger partial charge is 0.319 e. The van der Waals surface area contributed by atoms with Crippen LogP contribution in [0.25, 0.3) is 0 Å². The summed E-state index contributed by atoms with van der Waals surface area (Å²) in [6.45, 7) is 2.17. The molecule has 1 aromatic carbocycles. The van der Waals surface area contributed by atoms with Crippen molar-refractivity contribution in [2.75, 3.05) is 5.32 Å². The van der Waals surface area contributed by atoms with Crippen molar-refractivity contribution < 1.29 is 9.18 Å². The topological polar surface area (TPSA) is 41.1 Å². The number of benzene rings is 1. The highest BCUT2D eigenvalue weighted by Crippen LogP contribution is 2.23. The summed E-state index contributed by atoms with van der Waals surface area (Å²) in [6.07, 6.45) is 4.63. The molecule has 2 unspecified atom stereocenters. The van der Waals surface area contributed by atoms with E-state index in [0.717, 1.165) is 6.42 Å². The summed E-state index contributed by atoms with van der Waals surface area (Å²) in [7, 11) is 0. The fourth-order valence-corrected chi connectivity index (χ4v) is 2.40. The van der Waals surface area contributed by atoms with E-state index < -0.39 is 0 Å². The Bertz CT molecular complexity index is 405. The lowest BCUT2D eigenvalue weighted by Crippen LogP contribution is -2.43. The fraction of sp³-hybridized carbons (Fsp3) is 0.500. The molecule has 2 rings (SSSR count). The third-order valence-electron chi connectivity index (χ3n) is 3.53. The molecule has 0 bridgehead atoms. The predicted molar refractivity (Wildman–Crippen MR) is 70.0 cm³/mol. The van der Waals surface area contributed by atoms with Crippen LogP contribution in [0.1, 0.15) is 32.6 Å². The molecule has 0 heterocycles. The number of hydrogen-bond acceptors (Lipinski definition) is 1. The number of halogens is 1. The molecular formula is C14H19FN2O. The van der Waals surface area contributed by atoms with Crippen molar-refractivity contribution in [3.05, 3.63) is 30.1 Å². The molecule has 0 aliphatic heterocycles. The van der Waals surface area contributed by atoms with Crippen LogP contribution in [-0.4, -0.2) is 12.1 Å². The average Bonchev–Trinajstić information content (AvgIpc) is 2.35. The molecule has 1 aliphatic carbocycles. The SMILES string of the molecule is CC1CCCCC1NC(=O)Nc1ccc(F)cc1. The summed E-state index contributed by atoms with van der Waals surface area (Å²) in [4.78, 5) is 11.8. The number of nitrogens with one attached hydrogen (secondary N) is 2. The van der Waals surface area contributed by atoms with Crippen molar-refractivity contribution in [3.8, 4) is 0 Å². The summed E-state index contributed by atoms with van der Waals surface area (Å²) in [5, 5.41) is 5.71. The van der Waals surface area contributed by atoms with Crippen LogP contribution in [0.3, 0.4) is 0 Å². The third-order valence-corrected chi connectivity index (χ3v) is 3.53. The lowest BCUT2D eigenvalue weighted by atomic mass is 9.86. The van der Waals surface area contributed by atoms with Crippen molar-refractivity contribution in [1.29, 1.82) is 0 Å². The zero-order valence-electron chi connectivity index (χ0n) is 10.6. The zero-order chi connectivity index (χ0) is 13.0. The van der Waals surface area contributed by atoms with Crippen LogP contribution < -0.4 is 10.6 Å². The number of urea groups is 1. The average molecular weight is 250 g/mol. The van der Waals surface area contributed by atoms with Crippen LogP contribution in [0.4, 0.5) is 14.9 Å². The van der Waals surface area contributed by atoms with Gasteiger partial charge in [0.05, 0.1) is 0 Å². The Morgan fingerprint density at radius 2 is 1.89 bits per heavy atom. The molecule has 98 valence electrons. The maximum atomic E-state index is 12.7. The number of amides is 2. The largest absolute Gasteiger partial charge is 0.335 e. The molecule has 2 amide bonds. The predicted octanol–water partition coefficient (Wildman–Crippen LogP) is 3.53. The van der Waals surface area contributed by atoms with Crippen LogP contribution in [0.15, 0.2) is 24.3 Å². The molecule has 1 aliphatic rings. The quantitative estimate of drug-likeness (QED) is 0.828. The van der Waals surface area contributed by atoms with Gasteiger partial charge >= 0.3 is 6.03 Å². The number of carbonyl (C=O) groups excluding carboxylic acids is 1. The molecule has 2 N–H and O–H groups in total. The first-order chi connectivity index (χ1) is 8.65. The van der Waals surface area contributed by atoms with Gasteiger partial charge in [-0.15, -0.1) is 0 Å². The number of anilines is 1. The minimum absolute atomic E-state index is 0.208. The fourth-order valence-electron chi connectivity index (χ4n) is 2.40. The van der Waals surface area contributed by atoms with E-state index in [9.17, 15) is 9.18 Å². The van der Waals surface area contributed by atoms with Crippen molar-refractivity contribution in [2.45, 2.75) is 38.6 Å². The van der Waals surface area contributed by atoms with E-state index in [1.54, 1.807) is 12.1 Å². The van der Waals surface area contributed by atoms with Crippen LogP contribution in [-0.2, 0) is 0 Å². The Morgan fingerprint density at radius 1 is 1.22 bits per heavy atom. The van der Waals surface area contributed by atoms with E-state index in [0.29, 0.717) is 11.6 Å². The first-order valence-corrected chi connectivity index (χ1v) is 6.48. The summed E-state index contributed by atoms with van der Waals surface area (Å²) in [5.74, 6) is 0.222. The van der Waals surface area contributed by atoms with Gasteiger partial charge in [-0.05, 0) is 43.0 Å². The molecule has 18 heavy (non-hydrogen) atoms. The third kappa shape index (κ3) is 3.45. The minimum atomic E-state index is -0.304. The normalized spacial score (nSPS) is 23.4. The Labute approximate surface area is 107 Å². The molecule has 1 fully saturated rings. The van der Waals surface area contributed by atoms with Gasteiger partial charge in [-0.2, -0.15) is 0 Å². The van der Waals surface area contributed by atoms with Gasteiger partial charge in [0.15, 0.2) is 0 Å². The van der Waals surface area contributed by atoms with Gasteiger partial charge in [0.1, 0.15) is 5.82 Å². The summed E-state index contributed by atoms with van der Waals surface area (Å²) in [6, 6.07) is 5.82. The van der Waals surface area contributed by atoms with Crippen LogP contribution in [0.2, 0.25) is 0 Å². The van der Waals surface area contributed by atoms with E-state index in [1.807, 2.05) is 0 Å². The number of hydrogen-bond donors (Lipinski definition) is 2. The number of carbonyl (C=O) groups is 1. The van der Waals surface area contributed by atoms with Gasteiger partial charge in [-0.1, -0.05) is 19.8 Å². The van der Waals surface area contributed by atoms with Crippen molar-refractivity contribution in [2.24, 2.45) is 5.92 Å². The summed E-state index contributed by atoms with van der Waals surface area (Å²) < 4.78 is 12.7. The Morgan fingerprint density at radius 3 is 2.56 bits per heavy atom. The van der Waals surface area contributed by atoms with Crippen molar-refractivity contribution in [1.82, 2.24) is 5.32 Å². The molecule has 1 aromatic rings. The number of rotatable bonds is 2. The molecule has 3 nitrogen and oxygen atoms in total. The van der Waals surface area contributed by atoms with E-state index >= 15 is 0 Å². The van der Waals surface area contributed by atoms with E-state index in [1.165, 1.54) is 31.4 Å². The van der Waals surface area contributed by atoms with Gasteiger partial charge in [-0.3, -0.25) is 0 Å². The highest BCUT2D eigenvalue weighted by atomic mass is 19.1. The first-order valence-electron chi connectivity index (χ1n) is 6.48. The van der Waals surface area contributed by atoms with Gasteiger partial charge < -0.3 is 10.6 Å². The standard InChI is InChI=1S/C14H19FN2O/c1-10-4-2-3-5-13(10)17-14(18)16-12-8-6-11(15)7-9-12/h6-10,13H,2-5H2,1H3,(H2,16,17,18). The molecule has 0 spiro atoms. The van der Waals surface area contributed by atoms with Gasteiger partial charge in [-0.25, -0.2) is 9.18 Å². The monoisotopic (exact) mass is 250 g/mol. The second-order valence-electron chi connectivity index (χ2n) is 4.97. The summed E-state index contributed by atoms with van der Waals surface area (Å²) in [5.41, 5.74) is 0.609. The minimum Gasteiger partial charge on any atom is -0.335 e. The van der Waals surface area contributed by atoms with E-state index in [2.05, 4.69) is 17.6 Å². The molecule has 0 radical (unpaired) electrons. The molecular weight excluding hydrogens is 231 g/mol. The van der Waals surface area contributed by atoms with E-state index in [4.69, 9.17) is 0 Å². The first kappa shape index (κ1) is 12.9. The second kappa shape index (κ2) is 5.85. The lowest BCUT2D eigenvalue weighted by molar-refractivity contribution is 0.232. The van der Waals surface area contributed by atoms with E-state index in [-0.39, 0.29) is 17.9 Å². The lowest BCUT2D eigenvalue weighted by Gasteiger charge is -2.29. The van der Waals surface area contributed by atoms with Crippen molar-refractivity contribution >= 4 is 11.7 Å². The van der Waals surface area contributed by atoms with Crippen LogP contribution in [0, 0.1) is 11.7 Å². The van der Waals surface area contributed by atoms with Crippen LogP contribution >= 0.6 is 0 Å². The highest BCUT2D eigenvalue weighted by Gasteiger charge is 2.22. The second-order valence-corrected chi connectivity index (χ2v) is 4.97. The van der Waals surface area contributed by atoms with Crippen LogP contribution in [0.5, 0.6) is 0 Å². The molecule has 0 saturated heterocycles. The Hall–Kier alpha value is -1.58. The maximum Gasteiger partial charge on any atom is 0.319 e. The highest BCUT2D eigenvalue weighted by molar-refractivity contribution is 5.89. The van der Waals surface area contributed by atoms with Crippen molar-refractivity contribution in [3.63, 3.8) is 0 Å². The molecule has 2 atom stereocenters. The Kier molecular flexibility index (Phi) is 4.18. The van der Waals surface area contributed by atoms with Gasteiger partial charge in [0, 0.05) is 11.7 Å². The Balaban J connectivity index is 1.86. The maximum absolute atomic E-state index is 12.7. The molecule has 4 heteroatoms. The molecule has 1 saturated carbocycles. The zero-order valence-corrected chi connectivity index (χ0v) is 10.6. The summed E-state index contributed by atoms with van der Waals surface area (Å²) >= 11 is 0.